The number of aromatic amines is 1. The quantitative estimate of drug-likeness (QED) is 0.648. The Kier molecular flexibility index (Phi) is 6.21. The van der Waals surface area contributed by atoms with Crippen LogP contribution in [0.5, 0.6) is 0 Å². The van der Waals surface area contributed by atoms with Gasteiger partial charge in [0.05, 0.1) is 6.54 Å². The highest BCUT2D eigenvalue weighted by atomic mass is 16.2. The molecule has 8 nitrogen and oxygen atoms in total. The molecule has 1 aromatic carbocycles. The van der Waals surface area contributed by atoms with Crippen molar-refractivity contribution >= 4 is 11.8 Å². The topological polar surface area (TPSA) is 113 Å². The van der Waals surface area contributed by atoms with Crippen LogP contribution in [-0.2, 0) is 16.6 Å². The number of hydrogen-bond acceptors (Lipinski definition) is 5. The summed E-state index contributed by atoms with van der Waals surface area (Å²) < 4.78 is 0. The number of nitrogens with zero attached hydrogens (tertiary/aromatic N) is 3. The van der Waals surface area contributed by atoms with Crippen molar-refractivity contribution in [2.24, 2.45) is 0 Å². The predicted molar refractivity (Wildman–Crippen MR) is 93.0 cm³/mol. The van der Waals surface area contributed by atoms with E-state index in [1.54, 1.807) is 12.1 Å². The molecule has 134 valence electrons. The molecule has 0 fully saturated rings. The van der Waals surface area contributed by atoms with Gasteiger partial charge in [0, 0.05) is 18.5 Å². The number of H-pyrrole nitrogens is 1. The van der Waals surface area contributed by atoms with E-state index in [0.29, 0.717) is 30.8 Å². The fourth-order valence-electron chi connectivity index (χ4n) is 2.21. The van der Waals surface area contributed by atoms with Gasteiger partial charge in [0.15, 0.2) is 5.82 Å². The highest BCUT2D eigenvalue weighted by molar-refractivity contribution is 5.96. The van der Waals surface area contributed by atoms with Gasteiger partial charge in [0.25, 0.3) is 5.91 Å². The smallest absolute Gasteiger partial charge is 0.251 e. The molecule has 0 aliphatic carbocycles. The molecule has 2 rings (SSSR count). The Hall–Kier alpha value is -2.77. The van der Waals surface area contributed by atoms with E-state index < -0.39 is 0 Å². The van der Waals surface area contributed by atoms with Crippen LogP contribution in [0.1, 0.15) is 48.9 Å². The van der Waals surface area contributed by atoms with E-state index in [-0.39, 0.29) is 23.8 Å². The molecule has 3 N–H and O–H groups in total. The zero-order valence-electron chi connectivity index (χ0n) is 14.8. The van der Waals surface area contributed by atoms with E-state index in [9.17, 15) is 9.59 Å². The number of aromatic nitrogens is 4. The maximum atomic E-state index is 12.1. The molecule has 2 aromatic rings. The molecule has 0 spiro atoms. The van der Waals surface area contributed by atoms with Crippen molar-refractivity contribution in [2.75, 3.05) is 13.1 Å². The van der Waals surface area contributed by atoms with Crippen molar-refractivity contribution in [1.82, 2.24) is 31.3 Å². The molecule has 1 heterocycles. The van der Waals surface area contributed by atoms with Crippen LogP contribution in [-0.4, -0.2) is 45.5 Å². The highest BCUT2D eigenvalue weighted by Gasteiger charge is 2.14. The zero-order valence-corrected chi connectivity index (χ0v) is 14.8. The number of carbonyl (C=O) groups excluding carboxylic acids is 2. The maximum Gasteiger partial charge on any atom is 0.251 e. The van der Waals surface area contributed by atoms with E-state index in [0.717, 1.165) is 5.56 Å². The summed E-state index contributed by atoms with van der Waals surface area (Å²) in [6, 6.07) is 7.43. The average molecular weight is 344 g/mol. The Morgan fingerprint density at radius 3 is 2.44 bits per heavy atom. The number of nitrogens with one attached hydrogen (secondary N) is 3. The van der Waals surface area contributed by atoms with Crippen LogP contribution in [0.4, 0.5) is 0 Å². The van der Waals surface area contributed by atoms with Crippen molar-refractivity contribution in [2.45, 2.75) is 39.0 Å². The number of tetrazole rings is 1. The first-order valence-electron chi connectivity index (χ1n) is 8.24. The van der Waals surface area contributed by atoms with E-state index >= 15 is 0 Å². The molecule has 2 amide bonds. The number of benzene rings is 1. The fourth-order valence-corrected chi connectivity index (χ4v) is 2.21. The summed E-state index contributed by atoms with van der Waals surface area (Å²) in [5.41, 5.74) is 1.73. The molecule has 0 unspecified atom stereocenters. The summed E-state index contributed by atoms with van der Waals surface area (Å²) in [5, 5.41) is 18.9. The molecular formula is C17H24N6O2. The monoisotopic (exact) mass is 344 g/mol. The Bertz CT molecular complexity index is 689. The number of aryl methyl sites for hydroxylation is 1. The first kappa shape index (κ1) is 18.6. The summed E-state index contributed by atoms with van der Waals surface area (Å²) >= 11 is 0. The van der Waals surface area contributed by atoms with Gasteiger partial charge >= 0.3 is 0 Å². The molecule has 0 aliphatic rings. The van der Waals surface area contributed by atoms with Gasteiger partial charge in [-0.05, 0) is 29.5 Å². The van der Waals surface area contributed by atoms with Gasteiger partial charge in [-0.2, -0.15) is 5.21 Å². The second-order valence-electron chi connectivity index (χ2n) is 6.79. The second-order valence-corrected chi connectivity index (χ2v) is 6.79. The van der Waals surface area contributed by atoms with Gasteiger partial charge < -0.3 is 10.6 Å². The molecule has 0 radical (unpaired) electrons. The number of carbonyl (C=O) groups is 2. The van der Waals surface area contributed by atoms with Gasteiger partial charge in [-0.3, -0.25) is 9.59 Å². The highest BCUT2D eigenvalue weighted by Crippen LogP contribution is 2.22. The molecule has 0 atom stereocenters. The van der Waals surface area contributed by atoms with Crippen LogP contribution in [0.15, 0.2) is 24.3 Å². The lowest BCUT2D eigenvalue weighted by Gasteiger charge is -2.19. The fraction of sp³-hybridized carbons (Fsp3) is 0.471. The van der Waals surface area contributed by atoms with Crippen LogP contribution in [0.2, 0.25) is 0 Å². The van der Waals surface area contributed by atoms with Crippen molar-refractivity contribution < 1.29 is 9.59 Å². The number of hydrogen-bond donors (Lipinski definition) is 3. The Morgan fingerprint density at radius 2 is 1.84 bits per heavy atom. The van der Waals surface area contributed by atoms with Gasteiger partial charge in [-0.1, -0.05) is 38.1 Å². The Balaban J connectivity index is 1.69. The molecule has 0 aliphatic heterocycles. The van der Waals surface area contributed by atoms with Gasteiger partial charge in [0.1, 0.15) is 0 Å². The normalized spacial score (nSPS) is 11.2. The lowest BCUT2D eigenvalue weighted by atomic mass is 9.87. The minimum absolute atomic E-state index is 0.0381. The van der Waals surface area contributed by atoms with Crippen molar-refractivity contribution in [1.29, 1.82) is 0 Å². The van der Waals surface area contributed by atoms with Crippen LogP contribution in [0.3, 0.4) is 0 Å². The van der Waals surface area contributed by atoms with Gasteiger partial charge in [0.2, 0.25) is 5.91 Å². The summed E-state index contributed by atoms with van der Waals surface area (Å²) in [6.45, 7) is 6.78. The third-order valence-corrected chi connectivity index (χ3v) is 3.71. The Labute approximate surface area is 146 Å². The Morgan fingerprint density at radius 1 is 1.12 bits per heavy atom. The number of amides is 2. The lowest BCUT2D eigenvalue weighted by molar-refractivity contribution is -0.120. The van der Waals surface area contributed by atoms with Gasteiger partial charge in [-0.15, -0.1) is 10.2 Å². The first-order valence-corrected chi connectivity index (χ1v) is 8.24. The second kappa shape index (κ2) is 8.36. The minimum Gasteiger partial charge on any atom is -0.355 e. The van der Waals surface area contributed by atoms with Crippen LogP contribution < -0.4 is 10.6 Å². The molecule has 0 saturated carbocycles. The molecule has 25 heavy (non-hydrogen) atoms. The third kappa shape index (κ3) is 5.98. The van der Waals surface area contributed by atoms with Crippen LogP contribution in [0, 0.1) is 0 Å². The summed E-state index contributed by atoms with van der Waals surface area (Å²) in [6.07, 6.45) is 1.33. The third-order valence-electron chi connectivity index (χ3n) is 3.71. The largest absolute Gasteiger partial charge is 0.355 e. The number of rotatable bonds is 7. The standard InChI is InChI=1S/C17H24N6O2/c1-17(2,3)13-8-6-12(7-9-13)16(25)19-11-15(24)18-10-4-5-14-20-22-23-21-14/h6-9H,4-5,10-11H2,1-3H3,(H,18,24)(H,19,25)(H,20,21,22,23). The lowest BCUT2D eigenvalue weighted by Crippen LogP contribution is -2.37. The molecule has 0 saturated heterocycles. The maximum absolute atomic E-state index is 12.1. The molecule has 1 aromatic heterocycles. The molecule has 8 heteroatoms. The van der Waals surface area contributed by atoms with Crippen molar-refractivity contribution in [3.63, 3.8) is 0 Å². The summed E-state index contributed by atoms with van der Waals surface area (Å²) in [7, 11) is 0. The van der Waals surface area contributed by atoms with Gasteiger partial charge in [-0.25, -0.2) is 0 Å². The SMILES string of the molecule is CC(C)(C)c1ccc(C(=O)NCC(=O)NCCCc2nn[nH]n2)cc1. The zero-order chi connectivity index (χ0) is 18.3. The van der Waals surface area contributed by atoms with Crippen molar-refractivity contribution in [3.8, 4) is 0 Å². The van der Waals surface area contributed by atoms with E-state index in [1.165, 1.54) is 0 Å². The van der Waals surface area contributed by atoms with Crippen LogP contribution >= 0.6 is 0 Å². The summed E-state index contributed by atoms with van der Waals surface area (Å²) in [5.74, 6) is 0.122. The van der Waals surface area contributed by atoms with Crippen molar-refractivity contribution in [3.05, 3.63) is 41.2 Å². The van der Waals surface area contributed by atoms with E-state index in [1.807, 2.05) is 12.1 Å². The predicted octanol–water partition coefficient (Wildman–Crippen LogP) is 0.976. The molecular weight excluding hydrogens is 320 g/mol. The van der Waals surface area contributed by atoms with E-state index in [4.69, 9.17) is 0 Å². The minimum atomic E-state index is -0.262. The summed E-state index contributed by atoms with van der Waals surface area (Å²) in [4.78, 5) is 23.8. The molecule has 0 bridgehead atoms. The van der Waals surface area contributed by atoms with Crippen LogP contribution in [0.25, 0.3) is 0 Å². The average Bonchev–Trinajstić information content (AvgIpc) is 3.09. The van der Waals surface area contributed by atoms with E-state index in [2.05, 4.69) is 52.0 Å². The first-order chi connectivity index (χ1) is 11.9.